The van der Waals surface area contributed by atoms with Crippen LogP contribution in [0.2, 0.25) is 0 Å². The number of nitrogens with two attached hydrogens (primary N) is 1. The van der Waals surface area contributed by atoms with Crippen molar-refractivity contribution in [3.05, 3.63) is 24.3 Å². The van der Waals surface area contributed by atoms with Gasteiger partial charge in [-0.15, -0.1) is 0 Å². The third-order valence-electron chi connectivity index (χ3n) is 2.38. The quantitative estimate of drug-likeness (QED) is 0.674. The van der Waals surface area contributed by atoms with Crippen LogP contribution in [0, 0.1) is 0 Å². The maximum absolute atomic E-state index is 10.9. The van der Waals surface area contributed by atoms with Crippen molar-refractivity contribution in [2.45, 2.75) is 0 Å². The summed E-state index contributed by atoms with van der Waals surface area (Å²) in [7, 11) is -3.18. The number of sulfonamides is 1. The Morgan fingerprint density at radius 1 is 1.16 bits per heavy atom. The molecular formula is C11H15N5O2S. The van der Waals surface area contributed by atoms with Gasteiger partial charge in [0.25, 0.3) is 0 Å². The van der Waals surface area contributed by atoms with Crippen LogP contribution in [0.15, 0.2) is 24.3 Å². The Kier molecular flexibility index (Phi) is 3.82. The number of aromatic nitrogens is 2. The molecule has 0 atom stereocenters. The Balaban J connectivity index is 2.06. The van der Waals surface area contributed by atoms with Gasteiger partial charge in [-0.1, -0.05) is 12.1 Å². The third-order valence-corrected chi connectivity index (χ3v) is 3.11. The summed E-state index contributed by atoms with van der Waals surface area (Å²) in [6.45, 7) is 0.636. The van der Waals surface area contributed by atoms with Gasteiger partial charge < -0.3 is 11.1 Å². The number of hydrogen-bond acceptors (Lipinski definition) is 6. The Hall–Kier alpha value is -1.93. The molecule has 0 aliphatic rings. The second kappa shape index (κ2) is 5.37. The summed E-state index contributed by atoms with van der Waals surface area (Å²) in [6, 6.07) is 7.39. The van der Waals surface area contributed by atoms with Gasteiger partial charge >= 0.3 is 0 Å². The minimum absolute atomic E-state index is 0.257. The van der Waals surface area contributed by atoms with Crippen LogP contribution >= 0.6 is 0 Å². The fourth-order valence-electron chi connectivity index (χ4n) is 1.56. The normalized spacial score (nSPS) is 11.6. The van der Waals surface area contributed by atoms with E-state index in [0.717, 1.165) is 17.3 Å². The monoisotopic (exact) mass is 281 g/mol. The summed E-state index contributed by atoms with van der Waals surface area (Å²) < 4.78 is 24.2. The lowest BCUT2D eigenvalue weighted by Gasteiger charge is -2.09. The zero-order valence-electron chi connectivity index (χ0n) is 10.4. The highest BCUT2D eigenvalue weighted by Gasteiger charge is 2.05. The van der Waals surface area contributed by atoms with Crippen LogP contribution in [0.4, 0.5) is 11.6 Å². The van der Waals surface area contributed by atoms with Crippen LogP contribution in [-0.4, -0.2) is 37.7 Å². The van der Waals surface area contributed by atoms with E-state index >= 15 is 0 Å². The van der Waals surface area contributed by atoms with Gasteiger partial charge in [0, 0.05) is 13.1 Å². The Morgan fingerprint density at radius 3 is 2.42 bits per heavy atom. The van der Waals surface area contributed by atoms with E-state index in [1.54, 1.807) is 0 Å². The molecular weight excluding hydrogens is 266 g/mol. The van der Waals surface area contributed by atoms with Gasteiger partial charge in [0.1, 0.15) is 0 Å². The van der Waals surface area contributed by atoms with Crippen molar-refractivity contribution in [1.82, 2.24) is 14.7 Å². The Bertz CT molecular complexity index is 687. The van der Waals surface area contributed by atoms with E-state index in [2.05, 4.69) is 20.0 Å². The molecule has 0 bridgehead atoms. The second-order valence-electron chi connectivity index (χ2n) is 4.04. The van der Waals surface area contributed by atoms with Gasteiger partial charge in [-0.2, -0.15) is 0 Å². The highest BCUT2D eigenvalue weighted by molar-refractivity contribution is 7.88. The van der Waals surface area contributed by atoms with E-state index in [-0.39, 0.29) is 12.4 Å². The molecule has 0 saturated heterocycles. The number of hydrogen-bond donors (Lipinski definition) is 3. The Morgan fingerprint density at radius 2 is 1.79 bits per heavy atom. The maximum Gasteiger partial charge on any atom is 0.208 e. The number of benzene rings is 1. The average Bonchev–Trinajstić information content (AvgIpc) is 2.33. The summed E-state index contributed by atoms with van der Waals surface area (Å²) in [5, 5.41) is 2.95. The van der Waals surface area contributed by atoms with Crippen molar-refractivity contribution in [2.24, 2.45) is 0 Å². The lowest BCUT2D eigenvalue weighted by molar-refractivity contribution is 0.589. The van der Waals surface area contributed by atoms with Crippen LogP contribution in [-0.2, 0) is 10.0 Å². The molecule has 0 spiro atoms. The van der Waals surface area contributed by atoms with Crippen molar-refractivity contribution in [1.29, 1.82) is 0 Å². The van der Waals surface area contributed by atoms with Crippen molar-refractivity contribution in [2.75, 3.05) is 30.4 Å². The molecule has 2 rings (SSSR count). The average molecular weight is 281 g/mol. The molecule has 0 amide bonds. The number of nitrogens with one attached hydrogen (secondary N) is 2. The molecule has 102 valence electrons. The van der Waals surface area contributed by atoms with Crippen molar-refractivity contribution in [3.63, 3.8) is 0 Å². The summed E-state index contributed by atoms with van der Waals surface area (Å²) in [4.78, 5) is 8.55. The first-order valence-corrected chi connectivity index (χ1v) is 7.55. The molecule has 0 aliphatic carbocycles. The van der Waals surface area contributed by atoms with E-state index in [1.165, 1.54) is 0 Å². The molecule has 1 aromatic heterocycles. The first-order chi connectivity index (χ1) is 8.96. The predicted octanol–water partition coefficient (Wildman–Crippen LogP) is 0.173. The van der Waals surface area contributed by atoms with Gasteiger partial charge in [0.15, 0.2) is 11.6 Å². The van der Waals surface area contributed by atoms with Gasteiger partial charge in [-0.3, -0.25) is 0 Å². The fraction of sp³-hybridized carbons (Fsp3) is 0.273. The van der Waals surface area contributed by atoms with E-state index < -0.39 is 10.0 Å². The van der Waals surface area contributed by atoms with Crippen molar-refractivity contribution < 1.29 is 8.42 Å². The van der Waals surface area contributed by atoms with Crippen LogP contribution in [0.5, 0.6) is 0 Å². The first kappa shape index (κ1) is 13.5. The number of para-hydroxylation sites is 2. The minimum atomic E-state index is -3.18. The Labute approximate surface area is 111 Å². The summed E-state index contributed by atoms with van der Waals surface area (Å²) in [6.07, 6.45) is 1.11. The summed E-state index contributed by atoms with van der Waals surface area (Å²) in [5.41, 5.74) is 7.23. The molecule has 0 fully saturated rings. The molecule has 0 radical (unpaired) electrons. The highest BCUT2D eigenvalue weighted by atomic mass is 32.2. The standard InChI is InChI=1S/C11H15N5O2S/c1-19(17,18)14-7-6-13-11-10(12)15-8-4-2-3-5-9(8)16-11/h2-5,14H,6-7H2,1H3,(H2,12,15)(H,13,16). The smallest absolute Gasteiger partial charge is 0.208 e. The largest absolute Gasteiger partial charge is 0.381 e. The third kappa shape index (κ3) is 3.76. The molecule has 0 saturated carbocycles. The van der Waals surface area contributed by atoms with Crippen LogP contribution in [0.3, 0.4) is 0 Å². The number of fused-ring (bicyclic) bond motifs is 1. The molecule has 1 aromatic carbocycles. The summed E-state index contributed by atoms with van der Waals surface area (Å²) >= 11 is 0. The molecule has 19 heavy (non-hydrogen) atoms. The summed E-state index contributed by atoms with van der Waals surface area (Å²) in [5.74, 6) is 0.743. The van der Waals surface area contributed by atoms with Crippen LogP contribution in [0.25, 0.3) is 11.0 Å². The van der Waals surface area contributed by atoms with Gasteiger partial charge in [0.05, 0.1) is 17.3 Å². The molecule has 4 N–H and O–H groups in total. The van der Waals surface area contributed by atoms with Gasteiger partial charge in [0.2, 0.25) is 10.0 Å². The molecule has 1 heterocycles. The van der Waals surface area contributed by atoms with Crippen LogP contribution < -0.4 is 15.8 Å². The number of anilines is 2. The van der Waals surface area contributed by atoms with Crippen molar-refractivity contribution in [3.8, 4) is 0 Å². The SMILES string of the molecule is CS(=O)(=O)NCCNc1nc2ccccc2nc1N. The number of rotatable bonds is 5. The van der Waals surface area contributed by atoms with Gasteiger partial charge in [-0.25, -0.2) is 23.1 Å². The van der Waals surface area contributed by atoms with E-state index in [9.17, 15) is 8.42 Å². The molecule has 7 nitrogen and oxygen atoms in total. The van der Waals surface area contributed by atoms with E-state index in [1.807, 2.05) is 24.3 Å². The predicted molar refractivity (Wildman–Crippen MR) is 75.3 cm³/mol. The lowest BCUT2D eigenvalue weighted by atomic mass is 10.3. The minimum Gasteiger partial charge on any atom is -0.381 e. The zero-order valence-corrected chi connectivity index (χ0v) is 11.2. The van der Waals surface area contributed by atoms with E-state index in [4.69, 9.17) is 5.73 Å². The zero-order chi connectivity index (χ0) is 13.9. The lowest BCUT2D eigenvalue weighted by Crippen LogP contribution is -2.28. The topological polar surface area (TPSA) is 110 Å². The number of nitrogens with zero attached hydrogens (tertiary/aromatic N) is 2. The molecule has 8 heteroatoms. The molecule has 2 aromatic rings. The van der Waals surface area contributed by atoms with Gasteiger partial charge in [-0.05, 0) is 12.1 Å². The maximum atomic E-state index is 10.9. The van der Waals surface area contributed by atoms with E-state index in [0.29, 0.717) is 12.4 Å². The van der Waals surface area contributed by atoms with Crippen molar-refractivity contribution >= 4 is 32.7 Å². The molecule has 0 unspecified atom stereocenters. The van der Waals surface area contributed by atoms with Crippen LogP contribution in [0.1, 0.15) is 0 Å². The fourth-order valence-corrected chi connectivity index (χ4v) is 2.03. The molecule has 0 aliphatic heterocycles. The number of nitrogen functional groups attached to an aromatic ring is 1. The first-order valence-electron chi connectivity index (χ1n) is 5.66. The highest BCUT2D eigenvalue weighted by Crippen LogP contribution is 2.17. The second-order valence-corrected chi connectivity index (χ2v) is 5.87.